The van der Waals surface area contributed by atoms with Gasteiger partial charge in [-0.2, -0.15) is 0 Å². The zero-order valence-corrected chi connectivity index (χ0v) is 17.3. The van der Waals surface area contributed by atoms with Crippen LogP contribution in [0.4, 0.5) is 0 Å². The molecule has 1 aromatic carbocycles. The Morgan fingerprint density at radius 3 is 2.18 bits per heavy atom. The number of aromatic nitrogens is 2. The van der Waals surface area contributed by atoms with Crippen LogP contribution in [0.3, 0.4) is 0 Å². The molecule has 2 aliphatic heterocycles. The van der Waals surface area contributed by atoms with E-state index < -0.39 is 0 Å². The number of hydrogen-bond acceptors (Lipinski definition) is 3. The number of fused-ring (bicyclic) bond motifs is 3. The van der Waals surface area contributed by atoms with Gasteiger partial charge < -0.3 is 4.57 Å². The third kappa shape index (κ3) is 3.29. The van der Waals surface area contributed by atoms with Crippen molar-refractivity contribution < 1.29 is 0 Å². The van der Waals surface area contributed by atoms with E-state index in [2.05, 4.69) is 9.88 Å². The SMILES string of the molecule is O=c1c(Cl)nc2ccccc2n1[C@H]1C[C@H]2CC[C@@H](C1)N2C1CCCCCCC1. The van der Waals surface area contributed by atoms with E-state index in [1.807, 2.05) is 28.8 Å². The van der Waals surface area contributed by atoms with Gasteiger partial charge in [-0.1, -0.05) is 55.8 Å². The zero-order valence-electron chi connectivity index (χ0n) is 16.5. The molecule has 2 bridgehead atoms. The Morgan fingerprint density at radius 1 is 0.821 bits per heavy atom. The molecule has 5 rings (SSSR count). The van der Waals surface area contributed by atoms with Crippen molar-refractivity contribution in [3.05, 3.63) is 39.8 Å². The summed E-state index contributed by atoms with van der Waals surface area (Å²) in [4.78, 5) is 20.1. The van der Waals surface area contributed by atoms with Gasteiger partial charge in [0.2, 0.25) is 0 Å². The molecule has 0 radical (unpaired) electrons. The average Bonchev–Trinajstić information content (AvgIpc) is 2.92. The van der Waals surface area contributed by atoms with Gasteiger partial charge in [-0.25, -0.2) is 4.98 Å². The van der Waals surface area contributed by atoms with Crippen molar-refractivity contribution in [1.82, 2.24) is 14.5 Å². The predicted molar refractivity (Wildman–Crippen MR) is 114 cm³/mol. The quantitative estimate of drug-likeness (QED) is 0.684. The van der Waals surface area contributed by atoms with E-state index in [4.69, 9.17) is 11.6 Å². The molecule has 3 atom stereocenters. The Hall–Kier alpha value is -1.39. The van der Waals surface area contributed by atoms with Crippen molar-refractivity contribution in [2.75, 3.05) is 0 Å². The fraction of sp³-hybridized carbons (Fsp3) is 0.652. The third-order valence-electron chi connectivity index (χ3n) is 7.38. The summed E-state index contributed by atoms with van der Waals surface area (Å²) in [6.45, 7) is 0. The monoisotopic (exact) mass is 399 g/mol. The minimum absolute atomic E-state index is 0.105. The molecule has 1 aromatic heterocycles. The maximum Gasteiger partial charge on any atom is 0.288 e. The molecule has 28 heavy (non-hydrogen) atoms. The Bertz CT molecular complexity index is 888. The molecule has 0 amide bonds. The van der Waals surface area contributed by atoms with E-state index in [1.165, 1.54) is 57.8 Å². The van der Waals surface area contributed by atoms with Crippen LogP contribution < -0.4 is 5.56 Å². The second kappa shape index (κ2) is 7.79. The van der Waals surface area contributed by atoms with E-state index in [9.17, 15) is 4.79 Å². The van der Waals surface area contributed by atoms with Crippen molar-refractivity contribution >= 4 is 22.6 Å². The molecule has 0 spiro atoms. The second-order valence-corrected chi connectivity index (χ2v) is 9.38. The normalized spacial score (nSPS) is 29.7. The van der Waals surface area contributed by atoms with Gasteiger partial charge in [-0.3, -0.25) is 9.69 Å². The van der Waals surface area contributed by atoms with Crippen LogP contribution in [0.25, 0.3) is 11.0 Å². The molecule has 2 saturated heterocycles. The van der Waals surface area contributed by atoms with Crippen LogP contribution >= 0.6 is 11.6 Å². The largest absolute Gasteiger partial charge is 0.301 e. The summed E-state index contributed by atoms with van der Waals surface area (Å²) in [7, 11) is 0. The average molecular weight is 400 g/mol. The van der Waals surface area contributed by atoms with E-state index >= 15 is 0 Å². The van der Waals surface area contributed by atoms with E-state index in [1.54, 1.807) is 0 Å². The van der Waals surface area contributed by atoms with Crippen molar-refractivity contribution in [3.63, 3.8) is 0 Å². The molecule has 1 saturated carbocycles. The van der Waals surface area contributed by atoms with Crippen LogP contribution in [0.5, 0.6) is 0 Å². The first-order chi connectivity index (χ1) is 13.7. The number of rotatable bonds is 2. The lowest BCUT2D eigenvalue weighted by molar-refractivity contribution is 0.0497. The zero-order chi connectivity index (χ0) is 19.1. The lowest BCUT2D eigenvalue weighted by Gasteiger charge is -2.45. The molecule has 0 unspecified atom stereocenters. The smallest absolute Gasteiger partial charge is 0.288 e. The lowest BCUT2D eigenvalue weighted by atomic mass is 9.89. The fourth-order valence-electron chi connectivity index (χ4n) is 6.21. The number of nitrogens with zero attached hydrogens (tertiary/aromatic N) is 3. The summed E-state index contributed by atoms with van der Waals surface area (Å²) in [5.41, 5.74) is 1.63. The number of piperidine rings is 1. The molecule has 3 aliphatic rings. The fourth-order valence-corrected chi connectivity index (χ4v) is 6.39. The summed E-state index contributed by atoms with van der Waals surface area (Å²) >= 11 is 6.23. The molecule has 4 nitrogen and oxygen atoms in total. The highest BCUT2D eigenvalue weighted by Crippen LogP contribution is 2.44. The Balaban J connectivity index is 1.44. The Morgan fingerprint density at radius 2 is 1.46 bits per heavy atom. The maximum absolute atomic E-state index is 12.9. The first-order valence-electron chi connectivity index (χ1n) is 11.2. The molecule has 1 aliphatic carbocycles. The third-order valence-corrected chi connectivity index (χ3v) is 7.63. The van der Waals surface area contributed by atoms with Crippen LogP contribution in [0.2, 0.25) is 5.15 Å². The molecular formula is C23H30ClN3O. The van der Waals surface area contributed by atoms with Crippen molar-refractivity contribution in [3.8, 4) is 0 Å². The first-order valence-corrected chi connectivity index (χ1v) is 11.5. The number of benzene rings is 1. The molecule has 5 heteroatoms. The minimum Gasteiger partial charge on any atom is -0.301 e. The van der Waals surface area contributed by atoms with Gasteiger partial charge in [0.05, 0.1) is 11.0 Å². The summed E-state index contributed by atoms with van der Waals surface area (Å²) in [5.74, 6) is 0. The minimum atomic E-state index is -0.121. The van der Waals surface area contributed by atoms with Crippen molar-refractivity contribution in [1.29, 1.82) is 0 Å². The Kier molecular flexibility index (Phi) is 5.18. The van der Waals surface area contributed by atoms with Gasteiger partial charge in [0, 0.05) is 24.2 Å². The van der Waals surface area contributed by atoms with Crippen LogP contribution in [-0.4, -0.2) is 32.6 Å². The predicted octanol–water partition coefficient (Wildman–Crippen LogP) is 5.33. The summed E-state index contributed by atoms with van der Waals surface area (Å²) in [6, 6.07) is 10.1. The number of halogens is 1. The van der Waals surface area contributed by atoms with Gasteiger partial charge >= 0.3 is 0 Å². The highest BCUT2D eigenvalue weighted by atomic mass is 35.5. The Labute approximate surface area is 171 Å². The number of hydrogen-bond donors (Lipinski definition) is 0. The van der Waals surface area contributed by atoms with Gasteiger partial charge in [0.15, 0.2) is 5.15 Å². The maximum atomic E-state index is 12.9. The highest BCUT2D eigenvalue weighted by Gasteiger charge is 2.44. The molecule has 3 heterocycles. The topological polar surface area (TPSA) is 38.1 Å². The molecule has 3 fully saturated rings. The molecule has 0 N–H and O–H groups in total. The van der Waals surface area contributed by atoms with Crippen LogP contribution in [-0.2, 0) is 0 Å². The molecule has 2 aromatic rings. The van der Waals surface area contributed by atoms with Crippen LogP contribution in [0.1, 0.15) is 76.7 Å². The van der Waals surface area contributed by atoms with E-state index in [-0.39, 0.29) is 16.8 Å². The number of para-hydroxylation sites is 2. The van der Waals surface area contributed by atoms with Crippen LogP contribution in [0, 0.1) is 0 Å². The molecule has 150 valence electrons. The lowest BCUT2D eigenvalue weighted by Crippen LogP contribution is -2.50. The second-order valence-electron chi connectivity index (χ2n) is 9.02. The van der Waals surface area contributed by atoms with Gasteiger partial charge in [0.1, 0.15) is 0 Å². The van der Waals surface area contributed by atoms with Gasteiger partial charge in [-0.15, -0.1) is 0 Å². The van der Waals surface area contributed by atoms with Gasteiger partial charge in [0.25, 0.3) is 5.56 Å². The summed E-state index contributed by atoms with van der Waals surface area (Å²) in [5, 5.41) is 0.105. The van der Waals surface area contributed by atoms with E-state index in [0.29, 0.717) is 12.1 Å². The van der Waals surface area contributed by atoms with Gasteiger partial charge in [-0.05, 0) is 50.7 Å². The standard InChI is InChI=1S/C23H30ClN3O/c24-22-23(28)27(21-11-7-6-10-20(21)25-22)19-14-17-12-13-18(15-19)26(17)16-8-4-2-1-3-5-9-16/h6-7,10-11,16-19H,1-5,8-9,12-15H2/t17-,18+,19+. The van der Waals surface area contributed by atoms with Crippen molar-refractivity contribution in [2.24, 2.45) is 0 Å². The van der Waals surface area contributed by atoms with Crippen molar-refractivity contribution in [2.45, 2.75) is 94.8 Å². The van der Waals surface area contributed by atoms with Crippen LogP contribution in [0.15, 0.2) is 29.1 Å². The van der Waals surface area contributed by atoms with E-state index in [0.717, 1.165) is 29.9 Å². The summed E-state index contributed by atoms with van der Waals surface area (Å²) < 4.78 is 1.96. The summed E-state index contributed by atoms with van der Waals surface area (Å²) in [6.07, 6.45) is 14.4. The first kappa shape index (κ1) is 18.6. The highest BCUT2D eigenvalue weighted by molar-refractivity contribution is 6.29. The molecular weight excluding hydrogens is 370 g/mol.